The van der Waals surface area contributed by atoms with Gasteiger partial charge in [-0.2, -0.15) is 17.0 Å². The average Bonchev–Trinajstić information content (AvgIpc) is 2.25. The molecule has 0 aliphatic rings. The van der Waals surface area contributed by atoms with Gasteiger partial charge in [0.2, 0.25) is 0 Å². The lowest BCUT2D eigenvalue weighted by molar-refractivity contribution is -0.137. The summed E-state index contributed by atoms with van der Waals surface area (Å²) < 4.78 is 26.0. The van der Waals surface area contributed by atoms with Crippen LogP contribution in [0.4, 0.5) is 0 Å². The molecule has 0 rings (SSSR count). The van der Waals surface area contributed by atoms with Gasteiger partial charge in [-0.1, -0.05) is 6.08 Å². The lowest BCUT2D eigenvalue weighted by Gasteiger charge is -2.23. The molecule has 0 aromatic heterocycles. The molecule has 0 aliphatic heterocycles. The first-order valence-corrected chi connectivity index (χ1v) is 6.72. The minimum Gasteiger partial charge on any atom is -0.481 e. The molecule has 6 nitrogen and oxygen atoms in total. The maximum atomic E-state index is 11.9. The van der Waals surface area contributed by atoms with Crippen molar-refractivity contribution < 1.29 is 18.3 Å². The van der Waals surface area contributed by atoms with Crippen molar-refractivity contribution in [3.8, 4) is 0 Å². The van der Waals surface area contributed by atoms with Crippen LogP contribution < -0.4 is 0 Å². The Balaban J connectivity index is 4.32. The maximum Gasteiger partial charge on any atom is 0.304 e. The normalized spacial score (nSPS) is 12.0. The number of carboxylic acids is 1. The third kappa shape index (κ3) is 5.81. The van der Waals surface area contributed by atoms with E-state index in [2.05, 4.69) is 6.58 Å². The molecule has 0 aromatic carbocycles. The zero-order valence-corrected chi connectivity index (χ0v) is 11.1. The smallest absolute Gasteiger partial charge is 0.304 e. The summed E-state index contributed by atoms with van der Waals surface area (Å²) in [6.07, 6.45) is 2.98. The van der Waals surface area contributed by atoms with E-state index in [1.165, 1.54) is 18.4 Å². The summed E-state index contributed by atoms with van der Waals surface area (Å²) >= 11 is 0. The fourth-order valence-electron chi connectivity index (χ4n) is 1.18. The van der Waals surface area contributed by atoms with Crippen molar-refractivity contribution in [1.82, 2.24) is 8.61 Å². The molecular formula is C10H20N2O4S. The molecule has 0 saturated carbocycles. The third-order valence-electron chi connectivity index (χ3n) is 2.31. The molecule has 0 atom stereocenters. The first-order valence-electron chi connectivity index (χ1n) is 5.32. The van der Waals surface area contributed by atoms with Crippen LogP contribution in [-0.4, -0.2) is 55.3 Å². The van der Waals surface area contributed by atoms with Crippen molar-refractivity contribution in [2.24, 2.45) is 0 Å². The molecule has 17 heavy (non-hydrogen) atoms. The van der Waals surface area contributed by atoms with Crippen molar-refractivity contribution in [3.05, 3.63) is 12.7 Å². The Morgan fingerprint density at radius 3 is 2.29 bits per heavy atom. The molecule has 0 spiro atoms. The molecule has 0 heterocycles. The highest BCUT2D eigenvalue weighted by Crippen LogP contribution is 2.06. The second kappa shape index (κ2) is 7.41. The standard InChI is InChI=1S/C10H20N2O4S/c1-4-5-6-8-11(2)17(15,16)12(3)9-7-10(13)14/h4H,1,5-9H2,2-3H3,(H,13,14). The van der Waals surface area contributed by atoms with E-state index in [0.29, 0.717) is 13.0 Å². The molecule has 0 radical (unpaired) electrons. The van der Waals surface area contributed by atoms with E-state index < -0.39 is 16.2 Å². The number of allylic oxidation sites excluding steroid dienone is 1. The van der Waals surface area contributed by atoms with Crippen LogP contribution in [0.2, 0.25) is 0 Å². The van der Waals surface area contributed by atoms with Crippen LogP contribution in [0.25, 0.3) is 0 Å². The highest BCUT2D eigenvalue weighted by molar-refractivity contribution is 7.86. The summed E-state index contributed by atoms with van der Waals surface area (Å²) in [5.41, 5.74) is 0. The van der Waals surface area contributed by atoms with E-state index in [1.54, 1.807) is 6.08 Å². The monoisotopic (exact) mass is 264 g/mol. The molecule has 0 aromatic rings. The van der Waals surface area contributed by atoms with Crippen molar-refractivity contribution in [1.29, 1.82) is 0 Å². The number of rotatable bonds is 9. The van der Waals surface area contributed by atoms with Crippen molar-refractivity contribution >= 4 is 16.2 Å². The molecule has 1 N–H and O–H groups in total. The summed E-state index contributed by atoms with van der Waals surface area (Å²) in [6, 6.07) is 0. The fraction of sp³-hybridized carbons (Fsp3) is 0.700. The number of hydrogen-bond donors (Lipinski definition) is 1. The first kappa shape index (κ1) is 16.1. The lowest BCUT2D eigenvalue weighted by Crippen LogP contribution is -2.40. The van der Waals surface area contributed by atoms with Crippen molar-refractivity contribution in [2.45, 2.75) is 19.3 Å². The van der Waals surface area contributed by atoms with E-state index in [-0.39, 0.29) is 13.0 Å². The Morgan fingerprint density at radius 2 is 1.82 bits per heavy atom. The molecule has 0 saturated heterocycles. The lowest BCUT2D eigenvalue weighted by atomic mass is 10.3. The summed E-state index contributed by atoms with van der Waals surface area (Å²) in [5.74, 6) is -1.01. The maximum absolute atomic E-state index is 11.9. The number of carbonyl (C=O) groups is 1. The number of hydrogen-bond acceptors (Lipinski definition) is 3. The van der Waals surface area contributed by atoms with Gasteiger partial charge < -0.3 is 5.11 Å². The zero-order chi connectivity index (χ0) is 13.5. The highest BCUT2D eigenvalue weighted by atomic mass is 32.2. The van der Waals surface area contributed by atoms with Gasteiger partial charge in [-0.05, 0) is 12.8 Å². The van der Waals surface area contributed by atoms with Crippen LogP contribution in [0.15, 0.2) is 12.7 Å². The van der Waals surface area contributed by atoms with Gasteiger partial charge >= 0.3 is 5.97 Å². The van der Waals surface area contributed by atoms with Crippen LogP contribution in [0, 0.1) is 0 Å². The van der Waals surface area contributed by atoms with Gasteiger partial charge in [-0.25, -0.2) is 0 Å². The van der Waals surface area contributed by atoms with Crippen LogP contribution in [-0.2, 0) is 15.0 Å². The van der Waals surface area contributed by atoms with Gasteiger partial charge in [0.05, 0.1) is 6.42 Å². The van der Waals surface area contributed by atoms with Crippen LogP contribution in [0.3, 0.4) is 0 Å². The SMILES string of the molecule is C=CCCCN(C)S(=O)(=O)N(C)CCC(=O)O. The molecular weight excluding hydrogens is 244 g/mol. The Bertz CT molecular complexity index is 353. The van der Waals surface area contributed by atoms with Gasteiger partial charge in [0.25, 0.3) is 10.2 Å². The second-order valence-electron chi connectivity index (χ2n) is 3.73. The number of carboxylic acid groups (broad SMARTS) is 1. The minimum absolute atomic E-state index is 0.0243. The van der Waals surface area contributed by atoms with Crippen molar-refractivity contribution in [3.63, 3.8) is 0 Å². The Morgan fingerprint density at radius 1 is 1.29 bits per heavy atom. The molecule has 0 amide bonds. The minimum atomic E-state index is -3.55. The number of nitrogens with zero attached hydrogens (tertiary/aromatic N) is 2. The second-order valence-corrected chi connectivity index (χ2v) is 5.87. The number of aliphatic carboxylic acids is 1. The first-order chi connectivity index (χ1) is 7.82. The van der Waals surface area contributed by atoms with Gasteiger partial charge in [-0.3, -0.25) is 4.79 Å². The molecule has 0 bridgehead atoms. The van der Waals surface area contributed by atoms with Gasteiger partial charge in [0.1, 0.15) is 0 Å². The van der Waals surface area contributed by atoms with Gasteiger partial charge in [0, 0.05) is 27.2 Å². The van der Waals surface area contributed by atoms with E-state index >= 15 is 0 Å². The molecule has 0 unspecified atom stereocenters. The highest BCUT2D eigenvalue weighted by Gasteiger charge is 2.23. The quantitative estimate of drug-likeness (QED) is 0.487. The molecule has 0 fully saturated rings. The van der Waals surface area contributed by atoms with Crippen molar-refractivity contribution in [2.75, 3.05) is 27.2 Å². The number of unbranched alkanes of at least 4 members (excludes halogenated alkanes) is 1. The summed E-state index contributed by atoms with van der Waals surface area (Å²) in [5, 5.41) is 8.49. The molecule has 7 heteroatoms. The van der Waals surface area contributed by atoms with E-state index in [4.69, 9.17) is 5.11 Å². The zero-order valence-electron chi connectivity index (χ0n) is 10.3. The Labute approximate surface area is 103 Å². The average molecular weight is 264 g/mol. The van der Waals surface area contributed by atoms with E-state index in [0.717, 1.165) is 10.7 Å². The molecule has 0 aliphatic carbocycles. The van der Waals surface area contributed by atoms with Crippen LogP contribution in [0.5, 0.6) is 0 Å². The van der Waals surface area contributed by atoms with Crippen LogP contribution in [0.1, 0.15) is 19.3 Å². The Kier molecular flexibility index (Phi) is 7.01. The predicted molar refractivity (Wildman–Crippen MR) is 65.9 cm³/mol. The Hall–Kier alpha value is -0.920. The van der Waals surface area contributed by atoms with E-state index in [9.17, 15) is 13.2 Å². The molecule has 100 valence electrons. The topological polar surface area (TPSA) is 77.9 Å². The summed E-state index contributed by atoms with van der Waals surface area (Å²) in [4.78, 5) is 10.4. The third-order valence-corrected chi connectivity index (χ3v) is 4.25. The van der Waals surface area contributed by atoms with Gasteiger partial charge in [0.15, 0.2) is 0 Å². The summed E-state index contributed by atoms with van der Waals surface area (Å²) in [7, 11) is -0.687. The van der Waals surface area contributed by atoms with Crippen LogP contribution >= 0.6 is 0 Å². The largest absolute Gasteiger partial charge is 0.481 e. The van der Waals surface area contributed by atoms with Gasteiger partial charge in [-0.15, -0.1) is 6.58 Å². The van der Waals surface area contributed by atoms with E-state index in [1.807, 2.05) is 0 Å². The summed E-state index contributed by atoms with van der Waals surface area (Å²) in [6.45, 7) is 3.93. The fourth-order valence-corrected chi connectivity index (χ4v) is 2.34. The predicted octanol–water partition coefficient (Wildman–Crippen LogP) is 0.536.